The molecular formula is C63H45N3. The summed E-state index contributed by atoms with van der Waals surface area (Å²) in [6, 6.07) is 86.9. The Morgan fingerprint density at radius 3 is 1.67 bits per heavy atom. The molecule has 2 heterocycles. The van der Waals surface area contributed by atoms with Crippen LogP contribution in [-0.2, 0) is 5.41 Å². The minimum Gasteiger partial charge on any atom is -0.310 e. The van der Waals surface area contributed by atoms with E-state index in [9.17, 15) is 0 Å². The van der Waals surface area contributed by atoms with Crippen molar-refractivity contribution in [1.82, 2.24) is 4.57 Å². The van der Waals surface area contributed by atoms with Crippen LogP contribution in [0.3, 0.4) is 0 Å². The van der Waals surface area contributed by atoms with E-state index in [1.54, 1.807) is 0 Å². The highest BCUT2D eigenvalue weighted by Crippen LogP contribution is 2.54. The Balaban J connectivity index is 1.01. The quantitative estimate of drug-likeness (QED) is 0.165. The van der Waals surface area contributed by atoms with Crippen molar-refractivity contribution in [2.75, 3.05) is 9.80 Å². The number of hydrogen-bond donors (Lipinski definition) is 0. The van der Waals surface area contributed by atoms with Crippen LogP contribution in [0.15, 0.2) is 237 Å². The first-order valence-corrected chi connectivity index (χ1v) is 22.9. The van der Waals surface area contributed by atoms with Gasteiger partial charge in [-0.05, 0) is 118 Å². The zero-order valence-electron chi connectivity index (χ0n) is 36.9. The molecule has 66 heavy (non-hydrogen) atoms. The van der Waals surface area contributed by atoms with E-state index in [-0.39, 0.29) is 5.41 Å². The predicted molar refractivity (Wildman–Crippen MR) is 278 cm³/mol. The Morgan fingerprint density at radius 1 is 0.364 bits per heavy atom. The molecule has 1 aromatic heterocycles. The molecule has 312 valence electrons. The van der Waals surface area contributed by atoms with E-state index < -0.39 is 0 Å². The molecule has 10 aromatic carbocycles. The summed E-state index contributed by atoms with van der Waals surface area (Å²) in [5, 5.41) is 2.46. The minimum atomic E-state index is -0.125. The molecule has 0 saturated heterocycles. The largest absolute Gasteiger partial charge is 0.310 e. The van der Waals surface area contributed by atoms with Crippen LogP contribution in [0.25, 0.3) is 72.0 Å². The number of fused-ring (bicyclic) bond motifs is 12. The Kier molecular flexibility index (Phi) is 8.56. The second kappa shape index (κ2) is 14.8. The third kappa shape index (κ3) is 5.76. The molecular weight excluding hydrogens is 799 g/mol. The lowest BCUT2D eigenvalue weighted by atomic mass is 9.82. The van der Waals surface area contributed by atoms with Gasteiger partial charge in [0.1, 0.15) is 0 Å². The summed E-state index contributed by atoms with van der Waals surface area (Å²) >= 11 is 0. The van der Waals surface area contributed by atoms with E-state index in [0.717, 1.165) is 39.8 Å². The van der Waals surface area contributed by atoms with Crippen LogP contribution in [0.4, 0.5) is 34.1 Å². The summed E-state index contributed by atoms with van der Waals surface area (Å²) in [6.45, 7) is 4.72. The number of anilines is 6. The zero-order chi connectivity index (χ0) is 43.9. The number of nitrogens with zero attached hydrogens (tertiary/aromatic N) is 3. The number of para-hydroxylation sites is 4. The predicted octanol–water partition coefficient (Wildman–Crippen LogP) is 17.3. The van der Waals surface area contributed by atoms with Gasteiger partial charge in [0.15, 0.2) is 0 Å². The van der Waals surface area contributed by atoms with Crippen molar-refractivity contribution < 1.29 is 0 Å². The SMILES string of the molecule is CC1(C)c2ccccc2-c2ccc(N(c3ccc(-c4ccccc4)cc3)c3ccc(-n4c5ccccc5c5ccc6c(c54)-c4ccccc4N(c4ccccc4)c4ccccc4-6)cc3)cc21. The molecule has 1 aliphatic heterocycles. The summed E-state index contributed by atoms with van der Waals surface area (Å²) < 4.78 is 2.50. The maximum absolute atomic E-state index is 2.50. The standard InChI is InChI=1S/C63H45N3/c1-63(2)56-25-13-9-21-49(56)50-38-37-48(41-57(50)63)64(45-31-29-43(30-32-45)42-17-5-3-6-18-42)46-33-35-47(36-34-46)66-59-27-15-11-23-52(59)54-40-39-53-51-22-10-14-26-58(51)65(44-19-7-4-8-20-44)60-28-16-12-24-55(60)61(53)62(54)66/h3-41H,1-2H3. The smallest absolute Gasteiger partial charge is 0.0626 e. The van der Waals surface area contributed by atoms with Gasteiger partial charge in [-0.1, -0.05) is 172 Å². The second-order valence-corrected chi connectivity index (χ2v) is 18.1. The van der Waals surface area contributed by atoms with Gasteiger partial charge in [-0.25, -0.2) is 0 Å². The Bertz CT molecular complexity index is 3660. The van der Waals surface area contributed by atoms with Crippen LogP contribution < -0.4 is 9.80 Å². The summed E-state index contributed by atoms with van der Waals surface area (Å²) in [5.74, 6) is 0. The van der Waals surface area contributed by atoms with Gasteiger partial charge >= 0.3 is 0 Å². The lowest BCUT2D eigenvalue weighted by Gasteiger charge is -2.28. The first-order valence-electron chi connectivity index (χ1n) is 22.9. The maximum Gasteiger partial charge on any atom is 0.0626 e. The molecule has 0 saturated carbocycles. The third-order valence-electron chi connectivity index (χ3n) is 14.1. The molecule has 0 spiro atoms. The zero-order valence-corrected chi connectivity index (χ0v) is 36.9. The molecule has 13 rings (SSSR count). The van der Waals surface area contributed by atoms with Crippen LogP contribution in [0.5, 0.6) is 0 Å². The van der Waals surface area contributed by atoms with Crippen LogP contribution in [0.1, 0.15) is 25.0 Å². The average Bonchev–Trinajstić information content (AvgIpc) is 3.78. The van der Waals surface area contributed by atoms with E-state index in [4.69, 9.17) is 0 Å². The minimum absolute atomic E-state index is 0.125. The summed E-state index contributed by atoms with van der Waals surface area (Å²) in [7, 11) is 0. The molecule has 3 nitrogen and oxygen atoms in total. The highest BCUT2D eigenvalue weighted by atomic mass is 15.2. The number of hydrogen-bond acceptors (Lipinski definition) is 2. The van der Waals surface area contributed by atoms with E-state index in [1.165, 1.54) is 77.4 Å². The van der Waals surface area contributed by atoms with Crippen molar-refractivity contribution in [3.05, 3.63) is 248 Å². The van der Waals surface area contributed by atoms with Crippen molar-refractivity contribution in [1.29, 1.82) is 0 Å². The Labute approximate surface area is 385 Å². The van der Waals surface area contributed by atoms with Gasteiger partial charge in [0.05, 0.1) is 22.4 Å². The maximum atomic E-state index is 2.50. The normalized spacial score (nSPS) is 13.1. The van der Waals surface area contributed by atoms with Crippen molar-refractivity contribution in [2.24, 2.45) is 0 Å². The summed E-state index contributed by atoms with van der Waals surface area (Å²) in [5.41, 5.74) is 22.8. The van der Waals surface area contributed by atoms with E-state index in [0.29, 0.717) is 0 Å². The first kappa shape index (κ1) is 38.1. The topological polar surface area (TPSA) is 11.4 Å². The lowest BCUT2D eigenvalue weighted by Crippen LogP contribution is -2.16. The van der Waals surface area contributed by atoms with Crippen LogP contribution in [-0.4, -0.2) is 4.57 Å². The molecule has 0 amide bonds. The number of aromatic nitrogens is 1. The molecule has 0 unspecified atom stereocenters. The average molecular weight is 844 g/mol. The van der Waals surface area contributed by atoms with Gasteiger partial charge in [-0.2, -0.15) is 0 Å². The van der Waals surface area contributed by atoms with Crippen molar-refractivity contribution in [2.45, 2.75) is 19.3 Å². The van der Waals surface area contributed by atoms with E-state index in [1.807, 2.05) is 0 Å². The van der Waals surface area contributed by atoms with E-state index >= 15 is 0 Å². The molecule has 1 aliphatic carbocycles. The van der Waals surface area contributed by atoms with Gasteiger partial charge in [0.25, 0.3) is 0 Å². The molecule has 0 radical (unpaired) electrons. The molecule has 11 aromatic rings. The molecule has 0 fully saturated rings. The van der Waals surface area contributed by atoms with Gasteiger partial charge < -0.3 is 14.4 Å². The fraction of sp³-hybridized carbons (Fsp3) is 0.0476. The highest BCUT2D eigenvalue weighted by molar-refractivity contribution is 6.19. The molecule has 2 aliphatic rings. The van der Waals surface area contributed by atoms with Crippen LogP contribution in [0.2, 0.25) is 0 Å². The van der Waals surface area contributed by atoms with Crippen molar-refractivity contribution in [3.8, 4) is 50.2 Å². The summed E-state index contributed by atoms with van der Waals surface area (Å²) in [4.78, 5) is 4.85. The molecule has 0 N–H and O–H groups in total. The monoisotopic (exact) mass is 843 g/mol. The van der Waals surface area contributed by atoms with Gasteiger partial charge in [0, 0.05) is 61.3 Å². The Morgan fingerprint density at radius 2 is 0.909 bits per heavy atom. The van der Waals surface area contributed by atoms with Crippen LogP contribution >= 0.6 is 0 Å². The fourth-order valence-electron chi connectivity index (χ4n) is 11.0. The van der Waals surface area contributed by atoms with Gasteiger partial charge in [-0.15, -0.1) is 0 Å². The van der Waals surface area contributed by atoms with Crippen LogP contribution in [0, 0.1) is 0 Å². The van der Waals surface area contributed by atoms with E-state index in [2.05, 4.69) is 265 Å². The molecule has 0 bridgehead atoms. The van der Waals surface area contributed by atoms with Crippen molar-refractivity contribution in [3.63, 3.8) is 0 Å². The van der Waals surface area contributed by atoms with Crippen molar-refractivity contribution >= 4 is 55.9 Å². The highest BCUT2D eigenvalue weighted by Gasteiger charge is 2.36. The first-order chi connectivity index (χ1) is 32.5. The number of rotatable bonds is 6. The molecule has 0 atom stereocenters. The number of benzene rings is 10. The third-order valence-corrected chi connectivity index (χ3v) is 14.1. The van der Waals surface area contributed by atoms with Gasteiger partial charge in [0.2, 0.25) is 0 Å². The summed E-state index contributed by atoms with van der Waals surface area (Å²) in [6.07, 6.45) is 0. The van der Waals surface area contributed by atoms with Gasteiger partial charge in [-0.3, -0.25) is 0 Å². The lowest BCUT2D eigenvalue weighted by molar-refractivity contribution is 0.660. The second-order valence-electron chi connectivity index (χ2n) is 18.1. The molecule has 3 heteroatoms. The Hall–Kier alpha value is -8.40. The fourth-order valence-corrected chi connectivity index (χ4v) is 11.0.